The van der Waals surface area contributed by atoms with Gasteiger partial charge < -0.3 is 5.32 Å². The van der Waals surface area contributed by atoms with E-state index < -0.39 is 11.8 Å². The Kier molecular flexibility index (Phi) is 5.16. The molecule has 0 radical (unpaired) electrons. The SMILES string of the molecule is N#Cc1c(NC(=O)C(=O)N/N=C/c2cccnc2)sc2c1CCCC2. The minimum atomic E-state index is -0.893. The van der Waals surface area contributed by atoms with Gasteiger partial charge in [-0.05, 0) is 37.3 Å². The normalized spacial score (nSPS) is 13.1. The Morgan fingerprint density at radius 3 is 2.92 bits per heavy atom. The molecule has 0 aliphatic heterocycles. The van der Waals surface area contributed by atoms with Crippen LogP contribution in [0.25, 0.3) is 0 Å². The first-order valence-corrected chi connectivity index (χ1v) is 8.59. The molecule has 0 unspecified atom stereocenters. The summed E-state index contributed by atoms with van der Waals surface area (Å²) in [7, 11) is 0. The summed E-state index contributed by atoms with van der Waals surface area (Å²) in [6.07, 6.45) is 8.45. The molecule has 7 nitrogen and oxygen atoms in total. The lowest BCUT2D eigenvalue weighted by molar-refractivity contribution is -0.136. The number of carbonyl (C=O) groups excluding carboxylic acids is 2. The first-order chi connectivity index (χ1) is 12.2. The van der Waals surface area contributed by atoms with E-state index >= 15 is 0 Å². The molecule has 0 saturated carbocycles. The van der Waals surface area contributed by atoms with Crippen LogP contribution in [0.4, 0.5) is 5.00 Å². The molecule has 2 N–H and O–H groups in total. The highest BCUT2D eigenvalue weighted by Crippen LogP contribution is 2.37. The number of fused-ring (bicyclic) bond motifs is 1. The molecule has 126 valence electrons. The van der Waals surface area contributed by atoms with E-state index in [0.29, 0.717) is 16.1 Å². The van der Waals surface area contributed by atoms with Gasteiger partial charge in [0, 0.05) is 22.8 Å². The third-order valence-corrected chi connectivity index (χ3v) is 4.99. The zero-order valence-corrected chi connectivity index (χ0v) is 14.1. The molecular weight excluding hydrogens is 338 g/mol. The first kappa shape index (κ1) is 16.8. The van der Waals surface area contributed by atoms with Crippen molar-refractivity contribution in [2.45, 2.75) is 25.7 Å². The number of nitrogens with zero attached hydrogens (tertiary/aromatic N) is 3. The van der Waals surface area contributed by atoms with Crippen LogP contribution in [0.1, 0.15) is 34.4 Å². The highest BCUT2D eigenvalue weighted by Gasteiger charge is 2.23. The molecule has 0 atom stereocenters. The van der Waals surface area contributed by atoms with Crippen LogP contribution in [0.15, 0.2) is 29.6 Å². The fourth-order valence-corrected chi connectivity index (χ4v) is 3.84. The Balaban J connectivity index is 1.64. The number of aryl methyl sites for hydroxylation is 1. The highest BCUT2D eigenvalue weighted by atomic mass is 32.1. The van der Waals surface area contributed by atoms with Gasteiger partial charge in [0.1, 0.15) is 11.1 Å². The number of anilines is 1. The van der Waals surface area contributed by atoms with Crippen LogP contribution >= 0.6 is 11.3 Å². The van der Waals surface area contributed by atoms with Crippen LogP contribution in [0, 0.1) is 11.3 Å². The lowest BCUT2D eigenvalue weighted by Crippen LogP contribution is -2.32. The molecule has 8 heteroatoms. The van der Waals surface area contributed by atoms with Gasteiger partial charge in [-0.3, -0.25) is 14.6 Å². The molecule has 1 aliphatic carbocycles. The number of pyridine rings is 1. The fourth-order valence-electron chi connectivity index (χ4n) is 2.60. The van der Waals surface area contributed by atoms with E-state index in [2.05, 4.69) is 26.9 Å². The molecule has 2 amide bonds. The highest BCUT2D eigenvalue weighted by molar-refractivity contribution is 7.16. The summed E-state index contributed by atoms with van der Waals surface area (Å²) in [5.41, 5.74) is 4.33. The summed E-state index contributed by atoms with van der Waals surface area (Å²) >= 11 is 1.37. The number of rotatable bonds is 3. The van der Waals surface area contributed by atoms with Gasteiger partial charge in [0.05, 0.1) is 11.8 Å². The maximum Gasteiger partial charge on any atom is 0.329 e. The van der Waals surface area contributed by atoms with Gasteiger partial charge in [0.15, 0.2) is 0 Å². The molecule has 0 fully saturated rings. The van der Waals surface area contributed by atoms with Gasteiger partial charge in [0.2, 0.25) is 0 Å². The van der Waals surface area contributed by atoms with Crippen LogP contribution < -0.4 is 10.7 Å². The van der Waals surface area contributed by atoms with Gasteiger partial charge in [0.25, 0.3) is 0 Å². The molecule has 0 saturated heterocycles. The zero-order valence-electron chi connectivity index (χ0n) is 13.3. The Labute approximate surface area is 148 Å². The van der Waals surface area contributed by atoms with E-state index in [0.717, 1.165) is 36.1 Å². The molecule has 1 aliphatic rings. The Morgan fingerprint density at radius 1 is 1.32 bits per heavy atom. The number of nitriles is 1. The van der Waals surface area contributed by atoms with Crippen LogP contribution in [-0.2, 0) is 22.4 Å². The van der Waals surface area contributed by atoms with E-state index in [-0.39, 0.29) is 0 Å². The van der Waals surface area contributed by atoms with Gasteiger partial charge >= 0.3 is 11.8 Å². The number of hydrogen-bond donors (Lipinski definition) is 2. The minimum Gasteiger partial charge on any atom is -0.308 e. The summed E-state index contributed by atoms with van der Waals surface area (Å²) in [6.45, 7) is 0. The molecule has 2 aromatic rings. The standard InChI is InChI=1S/C17H15N5O2S/c18-8-13-12-5-1-2-6-14(12)25-17(13)21-15(23)16(24)22-20-10-11-4-3-7-19-9-11/h3-4,7,9-10H,1-2,5-6H2,(H,21,23)(H,22,24)/b20-10+. The lowest BCUT2D eigenvalue weighted by atomic mass is 9.96. The monoisotopic (exact) mass is 353 g/mol. The van der Waals surface area contributed by atoms with Crippen LogP contribution in [0.3, 0.4) is 0 Å². The maximum absolute atomic E-state index is 12.0. The largest absolute Gasteiger partial charge is 0.329 e. The predicted octanol–water partition coefficient (Wildman–Crippen LogP) is 1.98. The smallest absolute Gasteiger partial charge is 0.308 e. The van der Waals surface area contributed by atoms with Crippen molar-refractivity contribution < 1.29 is 9.59 Å². The Bertz CT molecular complexity index is 867. The quantitative estimate of drug-likeness (QED) is 0.500. The molecule has 2 heterocycles. The number of aromatic nitrogens is 1. The third-order valence-electron chi connectivity index (χ3n) is 3.78. The second-order valence-corrected chi connectivity index (χ2v) is 6.57. The third kappa shape index (κ3) is 3.89. The van der Waals surface area contributed by atoms with Crippen molar-refractivity contribution in [1.29, 1.82) is 5.26 Å². The lowest BCUT2D eigenvalue weighted by Gasteiger charge is -2.09. The molecule has 25 heavy (non-hydrogen) atoms. The van der Waals surface area contributed by atoms with Gasteiger partial charge in [-0.1, -0.05) is 6.07 Å². The number of amides is 2. The number of hydrogen-bond acceptors (Lipinski definition) is 6. The Morgan fingerprint density at radius 2 is 2.16 bits per heavy atom. The van der Waals surface area contributed by atoms with E-state index in [1.54, 1.807) is 24.5 Å². The molecule has 0 aromatic carbocycles. The predicted molar refractivity (Wildman–Crippen MR) is 94.3 cm³/mol. The molecule has 0 spiro atoms. The van der Waals surface area contributed by atoms with Gasteiger partial charge in [-0.2, -0.15) is 10.4 Å². The van der Waals surface area contributed by atoms with Crippen molar-refractivity contribution in [1.82, 2.24) is 10.4 Å². The van der Waals surface area contributed by atoms with E-state index in [1.807, 2.05) is 0 Å². The number of carbonyl (C=O) groups is 2. The van der Waals surface area contributed by atoms with Crippen LogP contribution in [0.5, 0.6) is 0 Å². The Hall–Kier alpha value is -3.05. The van der Waals surface area contributed by atoms with Gasteiger partial charge in [-0.15, -0.1) is 11.3 Å². The number of thiophene rings is 1. The van der Waals surface area contributed by atoms with E-state index in [1.165, 1.54) is 17.6 Å². The van der Waals surface area contributed by atoms with E-state index in [4.69, 9.17) is 0 Å². The molecule has 0 bridgehead atoms. The second-order valence-electron chi connectivity index (χ2n) is 5.47. The summed E-state index contributed by atoms with van der Waals surface area (Å²) in [4.78, 5) is 28.9. The molecule has 2 aromatic heterocycles. The second kappa shape index (κ2) is 7.68. The van der Waals surface area contributed by atoms with Crippen molar-refractivity contribution in [2.24, 2.45) is 5.10 Å². The van der Waals surface area contributed by atoms with Crippen LogP contribution in [-0.4, -0.2) is 23.0 Å². The number of nitrogens with one attached hydrogen (secondary N) is 2. The zero-order chi connectivity index (χ0) is 17.6. The summed E-state index contributed by atoms with van der Waals surface area (Å²) in [5.74, 6) is -1.74. The van der Waals surface area contributed by atoms with Crippen LogP contribution in [0.2, 0.25) is 0 Å². The molecule has 3 rings (SSSR count). The summed E-state index contributed by atoms with van der Waals surface area (Å²) in [5, 5.41) is 16.0. The average molecular weight is 353 g/mol. The maximum atomic E-state index is 12.0. The first-order valence-electron chi connectivity index (χ1n) is 7.78. The average Bonchev–Trinajstić information content (AvgIpc) is 2.99. The summed E-state index contributed by atoms with van der Waals surface area (Å²) in [6, 6.07) is 5.64. The van der Waals surface area contributed by atoms with Crippen molar-refractivity contribution >= 4 is 34.4 Å². The van der Waals surface area contributed by atoms with Crippen molar-refractivity contribution in [3.8, 4) is 6.07 Å². The minimum absolute atomic E-state index is 0.436. The topological polar surface area (TPSA) is 107 Å². The number of hydrazone groups is 1. The van der Waals surface area contributed by atoms with Gasteiger partial charge in [-0.25, -0.2) is 5.43 Å². The van der Waals surface area contributed by atoms with E-state index in [9.17, 15) is 14.9 Å². The van der Waals surface area contributed by atoms with Crippen molar-refractivity contribution in [3.63, 3.8) is 0 Å². The molecular formula is C17H15N5O2S. The summed E-state index contributed by atoms with van der Waals surface area (Å²) < 4.78 is 0. The fraction of sp³-hybridized carbons (Fsp3) is 0.235. The van der Waals surface area contributed by atoms with Crippen molar-refractivity contribution in [3.05, 3.63) is 46.1 Å². The van der Waals surface area contributed by atoms with Crippen molar-refractivity contribution in [2.75, 3.05) is 5.32 Å².